The second-order valence-electron chi connectivity index (χ2n) is 6.22. The highest BCUT2D eigenvalue weighted by Crippen LogP contribution is 2.51. The predicted molar refractivity (Wildman–Crippen MR) is 81.5 cm³/mol. The Kier molecular flexibility index (Phi) is 2.96. The summed E-state index contributed by atoms with van der Waals surface area (Å²) < 4.78 is 0. The number of fused-ring (bicyclic) bond motifs is 1. The third-order valence-electron chi connectivity index (χ3n) is 4.64. The Labute approximate surface area is 115 Å². The highest BCUT2D eigenvalue weighted by molar-refractivity contribution is 5.81. The zero-order valence-corrected chi connectivity index (χ0v) is 12.0. The maximum Gasteiger partial charge on any atom is 0.129 e. The molecular formula is C17H22N2. The first-order chi connectivity index (χ1) is 9.11. The standard InChI is InChI=1S/C17H22N2/c1-12(2)17(8-9-17)11-18-16-13(3)10-14-6-4-5-7-15(14)19-16/h4-7,10,12H,8-9,11H2,1-3H3,(H,18,19). The molecule has 1 N–H and O–H groups in total. The molecule has 1 aliphatic rings. The Hall–Kier alpha value is -1.57. The number of benzene rings is 1. The fourth-order valence-corrected chi connectivity index (χ4v) is 2.78. The predicted octanol–water partition coefficient (Wildman–Crippen LogP) is 4.39. The Morgan fingerprint density at radius 3 is 2.68 bits per heavy atom. The van der Waals surface area contributed by atoms with Gasteiger partial charge in [0.2, 0.25) is 0 Å². The van der Waals surface area contributed by atoms with E-state index >= 15 is 0 Å². The molecule has 0 atom stereocenters. The van der Waals surface area contributed by atoms with Crippen molar-refractivity contribution in [2.75, 3.05) is 11.9 Å². The Balaban J connectivity index is 1.83. The molecule has 1 aliphatic carbocycles. The molecule has 0 saturated heterocycles. The molecular weight excluding hydrogens is 232 g/mol. The molecule has 0 unspecified atom stereocenters. The van der Waals surface area contributed by atoms with Gasteiger partial charge in [-0.05, 0) is 48.8 Å². The number of nitrogens with zero attached hydrogens (tertiary/aromatic N) is 1. The van der Waals surface area contributed by atoms with Crippen LogP contribution >= 0.6 is 0 Å². The smallest absolute Gasteiger partial charge is 0.129 e. The lowest BCUT2D eigenvalue weighted by Crippen LogP contribution is -2.21. The molecule has 1 heterocycles. The molecule has 1 fully saturated rings. The van der Waals surface area contributed by atoms with E-state index in [4.69, 9.17) is 4.98 Å². The summed E-state index contributed by atoms with van der Waals surface area (Å²) in [6, 6.07) is 10.5. The van der Waals surface area contributed by atoms with Crippen molar-refractivity contribution in [3.63, 3.8) is 0 Å². The highest BCUT2D eigenvalue weighted by Gasteiger charge is 2.44. The number of pyridine rings is 1. The van der Waals surface area contributed by atoms with Crippen LogP contribution in [0, 0.1) is 18.3 Å². The van der Waals surface area contributed by atoms with Crippen LogP contribution in [0.2, 0.25) is 0 Å². The first kappa shape index (κ1) is 12.5. The molecule has 19 heavy (non-hydrogen) atoms. The second-order valence-corrected chi connectivity index (χ2v) is 6.22. The molecule has 100 valence electrons. The minimum atomic E-state index is 0.514. The summed E-state index contributed by atoms with van der Waals surface area (Å²) >= 11 is 0. The molecule has 0 radical (unpaired) electrons. The molecule has 0 spiro atoms. The van der Waals surface area contributed by atoms with Gasteiger partial charge in [-0.2, -0.15) is 0 Å². The SMILES string of the molecule is Cc1cc2ccccc2nc1NCC1(C(C)C)CC1. The summed E-state index contributed by atoms with van der Waals surface area (Å²) in [4.78, 5) is 4.75. The van der Waals surface area contributed by atoms with Crippen LogP contribution in [0.4, 0.5) is 5.82 Å². The molecule has 2 aromatic rings. The van der Waals surface area contributed by atoms with Crippen LogP contribution in [0.25, 0.3) is 10.9 Å². The van der Waals surface area contributed by atoms with E-state index in [9.17, 15) is 0 Å². The molecule has 0 bridgehead atoms. The zero-order valence-electron chi connectivity index (χ0n) is 12.0. The molecule has 2 heteroatoms. The largest absolute Gasteiger partial charge is 0.369 e. The van der Waals surface area contributed by atoms with Crippen LogP contribution in [0.5, 0.6) is 0 Å². The van der Waals surface area contributed by atoms with Gasteiger partial charge in [-0.3, -0.25) is 0 Å². The number of rotatable bonds is 4. The lowest BCUT2D eigenvalue weighted by molar-refractivity contribution is 0.380. The Morgan fingerprint density at radius 1 is 1.26 bits per heavy atom. The zero-order chi connectivity index (χ0) is 13.5. The van der Waals surface area contributed by atoms with Gasteiger partial charge in [0.1, 0.15) is 5.82 Å². The molecule has 1 saturated carbocycles. The van der Waals surface area contributed by atoms with E-state index in [0.717, 1.165) is 23.8 Å². The fraction of sp³-hybridized carbons (Fsp3) is 0.471. The van der Waals surface area contributed by atoms with E-state index in [1.807, 2.05) is 6.07 Å². The van der Waals surface area contributed by atoms with Crippen molar-refractivity contribution in [2.45, 2.75) is 33.6 Å². The van der Waals surface area contributed by atoms with Crippen molar-refractivity contribution >= 4 is 16.7 Å². The number of anilines is 1. The normalized spacial score (nSPS) is 16.8. The number of hydrogen-bond acceptors (Lipinski definition) is 2. The first-order valence-corrected chi connectivity index (χ1v) is 7.21. The summed E-state index contributed by atoms with van der Waals surface area (Å²) in [5.74, 6) is 1.80. The lowest BCUT2D eigenvalue weighted by atomic mass is 9.92. The monoisotopic (exact) mass is 254 g/mol. The third-order valence-corrected chi connectivity index (χ3v) is 4.64. The van der Waals surface area contributed by atoms with Crippen LogP contribution in [-0.2, 0) is 0 Å². The van der Waals surface area contributed by atoms with Crippen LogP contribution in [-0.4, -0.2) is 11.5 Å². The van der Waals surface area contributed by atoms with E-state index in [1.165, 1.54) is 23.8 Å². The highest BCUT2D eigenvalue weighted by atomic mass is 15.0. The number of aryl methyl sites for hydroxylation is 1. The van der Waals surface area contributed by atoms with Crippen LogP contribution in [0.1, 0.15) is 32.3 Å². The Morgan fingerprint density at radius 2 is 2.00 bits per heavy atom. The fourth-order valence-electron chi connectivity index (χ4n) is 2.78. The minimum Gasteiger partial charge on any atom is -0.369 e. The summed E-state index contributed by atoms with van der Waals surface area (Å²) in [5, 5.41) is 4.80. The molecule has 0 aliphatic heterocycles. The van der Waals surface area contributed by atoms with Crippen molar-refractivity contribution in [1.82, 2.24) is 4.98 Å². The van der Waals surface area contributed by atoms with Gasteiger partial charge in [0.15, 0.2) is 0 Å². The van der Waals surface area contributed by atoms with Gasteiger partial charge in [-0.15, -0.1) is 0 Å². The van der Waals surface area contributed by atoms with Gasteiger partial charge < -0.3 is 5.32 Å². The third kappa shape index (κ3) is 2.32. The average molecular weight is 254 g/mol. The second kappa shape index (κ2) is 4.52. The average Bonchev–Trinajstić information content (AvgIpc) is 3.17. The number of aromatic nitrogens is 1. The van der Waals surface area contributed by atoms with Crippen molar-refractivity contribution in [2.24, 2.45) is 11.3 Å². The van der Waals surface area contributed by atoms with E-state index in [1.54, 1.807) is 0 Å². The molecule has 2 nitrogen and oxygen atoms in total. The van der Waals surface area contributed by atoms with E-state index in [2.05, 4.69) is 50.4 Å². The number of para-hydroxylation sites is 1. The summed E-state index contributed by atoms with van der Waals surface area (Å²) in [7, 11) is 0. The number of nitrogens with one attached hydrogen (secondary N) is 1. The molecule has 3 rings (SSSR count). The van der Waals surface area contributed by atoms with Gasteiger partial charge in [0.05, 0.1) is 5.52 Å². The van der Waals surface area contributed by atoms with Gasteiger partial charge >= 0.3 is 0 Å². The van der Waals surface area contributed by atoms with E-state index in [0.29, 0.717) is 5.41 Å². The van der Waals surface area contributed by atoms with Crippen molar-refractivity contribution in [3.05, 3.63) is 35.9 Å². The van der Waals surface area contributed by atoms with Crippen LogP contribution in [0.15, 0.2) is 30.3 Å². The topological polar surface area (TPSA) is 24.9 Å². The maximum atomic E-state index is 4.75. The van der Waals surface area contributed by atoms with Gasteiger partial charge in [-0.25, -0.2) is 4.98 Å². The van der Waals surface area contributed by atoms with Crippen molar-refractivity contribution in [3.8, 4) is 0 Å². The molecule has 0 amide bonds. The summed E-state index contributed by atoms with van der Waals surface area (Å²) in [5.41, 5.74) is 2.82. The summed E-state index contributed by atoms with van der Waals surface area (Å²) in [6.45, 7) is 7.85. The van der Waals surface area contributed by atoms with Crippen molar-refractivity contribution < 1.29 is 0 Å². The van der Waals surface area contributed by atoms with Crippen LogP contribution in [0.3, 0.4) is 0 Å². The Bertz CT molecular complexity index is 597. The van der Waals surface area contributed by atoms with Crippen LogP contribution < -0.4 is 5.32 Å². The molecule has 1 aromatic carbocycles. The summed E-state index contributed by atoms with van der Waals surface area (Å²) in [6.07, 6.45) is 2.70. The van der Waals surface area contributed by atoms with Crippen molar-refractivity contribution in [1.29, 1.82) is 0 Å². The minimum absolute atomic E-state index is 0.514. The quantitative estimate of drug-likeness (QED) is 0.875. The number of hydrogen-bond donors (Lipinski definition) is 1. The first-order valence-electron chi connectivity index (χ1n) is 7.21. The lowest BCUT2D eigenvalue weighted by Gasteiger charge is -2.21. The maximum absolute atomic E-state index is 4.75. The van der Waals surface area contributed by atoms with E-state index in [-0.39, 0.29) is 0 Å². The van der Waals surface area contributed by atoms with Gasteiger partial charge in [-0.1, -0.05) is 32.0 Å². The van der Waals surface area contributed by atoms with Gasteiger partial charge in [0, 0.05) is 11.9 Å². The molecule has 1 aromatic heterocycles. The van der Waals surface area contributed by atoms with E-state index < -0.39 is 0 Å². The van der Waals surface area contributed by atoms with Gasteiger partial charge in [0.25, 0.3) is 0 Å².